The normalized spacial score (nSPS) is 16.0. The second-order valence-electron chi connectivity index (χ2n) is 5.57. The van der Waals surface area contributed by atoms with E-state index in [0.29, 0.717) is 37.3 Å². The Hall–Kier alpha value is -2.51. The highest BCUT2D eigenvalue weighted by Crippen LogP contribution is 2.33. The molecule has 0 radical (unpaired) electrons. The number of hydrogen-bond acceptors (Lipinski definition) is 5. The topological polar surface area (TPSA) is 55.1 Å². The third-order valence-corrected chi connectivity index (χ3v) is 5.00. The number of thiocarbonyl (C=S) groups is 1. The number of thioether (sulfide) groups is 1. The lowest BCUT2D eigenvalue weighted by atomic mass is 10.0. The maximum absolute atomic E-state index is 13.9. The molecule has 0 bridgehead atoms. The molecule has 0 atom stereocenters. The van der Waals surface area contributed by atoms with Crippen LogP contribution in [-0.2, 0) is 4.79 Å². The summed E-state index contributed by atoms with van der Waals surface area (Å²) in [6, 6.07) is 6.80. The van der Waals surface area contributed by atoms with Crippen molar-refractivity contribution in [2.45, 2.75) is 6.92 Å². The predicted molar refractivity (Wildman–Crippen MR) is 100 cm³/mol. The Morgan fingerprint density at radius 3 is 2.88 bits per heavy atom. The van der Waals surface area contributed by atoms with E-state index in [0.717, 1.165) is 5.39 Å². The number of halogens is 1. The van der Waals surface area contributed by atoms with Gasteiger partial charge in [0, 0.05) is 29.4 Å². The molecule has 1 fully saturated rings. The minimum Gasteiger partial charge on any atom is -0.456 e. The zero-order valence-electron chi connectivity index (χ0n) is 13.0. The molecule has 0 saturated carbocycles. The minimum atomic E-state index is -0.282. The van der Waals surface area contributed by atoms with Crippen LogP contribution in [0.25, 0.3) is 28.2 Å². The van der Waals surface area contributed by atoms with E-state index in [4.69, 9.17) is 16.6 Å². The van der Waals surface area contributed by atoms with Crippen LogP contribution in [-0.4, -0.2) is 15.2 Å². The first kappa shape index (κ1) is 16.0. The quantitative estimate of drug-likeness (QED) is 0.534. The van der Waals surface area contributed by atoms with Crippen molar-refractivity contribution < 1.29 is 13.6 Å². The van der Waals surface area contributed by atoms with Crippen molar-refractivity contribution in [1.82, 2.24) is 10.3 Å². The van der Waals surface area contributed by atoms with Gasteiger partial charge < -0.3 is 9.73 Å². The number of benzene rings is 1. The predicted octanol–water partition coefficient (Wildman–Crippen LogP) is 4.43. The summed E-state index contributed by atoms with van der Waals surface area (Å²) in [5, 5.41) is 3.34. The number of aromatic nitrogens is 1. The third kappa shape index (κ3) is 2.96. The molecule has 1 aromatic carbocycles. The molecule has 1 aliphatic rings. The number of hydrogen-bond donors (Lipinski definition) is 1. The molecule has 25 heavy (non-hydrogen) atoms. The molecule has 4 nitrogen and oxygen atoms in total. The highest BCUT2D eigenvalue weighted by atomic mass is 32.2. The number of nitrogens with one attached hydrogen (secondary N) is 1. The summed E-state index contributed by atoms with van der Waals surface area (Å²) in [4.78, 5) is 16.5. The van der Waals surface area contributed by atoms with Crippen molar-refractivity contribution >= 4 is 51.3 Å². The zero-order chi connectivity index (χ0) is 17.6. The number of pyridine rings is 1. The summed E-state index contributed by atoms with van der Waals surface area (Å²) in [6.07, 6.45) is 4.94. The van der Waals surface area contributed by atoms with Crippen molar-refractivity contribution in [2.75, 3.05) is 0 Å². The van der Waals surface area contributed by atoms with Crippen molar-refractivity contribution in [3.8, 4) is 11.1 Å². The van der Waals surface area contributed by atoms with Crippen LogP contribution in [0.4, 0.5) is 4.39 Å². The first-order valence-corrected chi connectivity index (χ1v) is 8.62. The lowest BCUT2D eigenvalue weighted by molar-refractivity contribution is -0.115. The van der Waals surface area contributed by atoms with Gasteiger partial charge in [-0.1, -0.05) is 36.1 Å². The van der Waals surface area contributed by atoms with Gasteiger partial charge in [0.2, 0.25) is 0 Å². The molecule has 0 aliphatic carbocycles. The molecular formula is C18H11FN2O2S2. The van der Waals surface area contributed by atoms with Gasteiger partial charge in [0.25, 0.3) is 5.91 Å². The molecule has 4 rings (SSSR count). The fourth-order valence-electron chi connectivity index (χ4n) is 2.57. The number of amides is 1. The number of carbonyl (C=O) groups excluding carboxylic acids is 1. The van der Waals surface area contributed by atoms with Crippen molar-refractivity contribution in [1.29, 1.82) is 0 Å². The van der Waals surface area contributed by atoms with Gasteiger partial charge in [-0.15, -0.1) is 0 Å². The van der Waals surface area contributed by atoms with Gasteiger partial charge in [-0.3, -0.25) is 9.78 Å². The summed E-state index contributed by atoms with van der Waals surface area (Å²) in [5.41, 5.74) is 2.55. The van der Waals surface area contributed by atoms with Crippen LogP contribution in [0.1, 0.15) is 11.3 Å². The fourth-order valence-corrected chi connectivity index (χ4v) is 3.59. The number of aryl methyl sites for hydroxylation is 1. The summed E-state index contributed by atoms with van der Waals surface area (Å²) in [6.45, 7) is 1.71. The standard InChI is InChI=1S/C18H11FN2O2S2/c1-9-2-3-10(5-14(9)19)13-8-20-7-11-4-12(23-16(11)13)6-15-17(22)21-18(24)25-15/h2-8H,1H3,(H,21,22,24)/b15-6-. The van der Waals surface area contributed by atoms with E-state index < -0.39 is 0 Å². The number of nitrogens with zero attached hydrogens (tertiary/aromatic N) is 1. The Kier molecular flexibility index (Phi) is 3.89. The van der Waals surface area contributed by atoms with Crippen LogP contribution in [0.5, 0.6) is 0 Å². The fraction of sp³-hybridized carbons (Fsp3) is 0.0556. The monoisotopic (exact) mass is 370 g/mol. The summed E-state index contributed by atoms with van der Waals surface area (Å²) in [5.74, 6) is -0.00969. The molecule has 1 N–H and O–H groups in total. The first-order chi connectivity index (χ1) is 12.0. The summed E-state index contributed by atoms with van der Waals surface area (Å²) < 4.78 is 20.2. The van der Waals surface area contributed by atoms with Gasteiger partial charge in [0.15, 0.2) is 0 Å². The largest absolute Gasteiger partial charge is 0.456 e. The minimum absolute atomic E-state index is 0.241. The maximum atomic E-state index is 13.9. The molecule has 2 aromatic heterocycles. The average Bonchev–Trinajstić information content (AvgIpc) is 3.12. The van der Waals surface area contributed by atoms with E-state index in [9.17, 15) is 9.18 Å². The van der Waals surface area contributed by atoms with Gasteiger partial charge in [-0.2, -0.15) is 0 Å². The van der Waals surface area contributed by atoms with Gasteiger partial charge >= 0.3 is 0 Å². The number of carbonyl (C=O) groups is 1. The average molecular weight is 370 g/mol. The molecule has 0 spiro atoms. The van der Waals surface area contributed by atoms with Crippen LogP contribution in [0, 0.1) is 12.7 Å². The molecule has 1 aliphatic heterocycles. The molecule has 124 valence electrons. The summed E-state index contributed by atoms with van der Waals surface area (Å²) >= 11 is 6.16. The highest BCUT2D eigenvalue weighted by molar-refractivity contribution is 8.26. The van der Waals surface area contributed by atoms with Crippen LogP contribution < -0.4 is 5.32 Å². The Labute approximate surface area is 152 Å². The highest BCUT2D eigenvalue weighted by Gasteiger charge is 2.23. The van der Waals surface area contributed by atoms with E-state index in [-0.39, 0.29) is 11.7 Å². The van der Waals surface area contributed by atoms with Crippen molar-refractivity contribution in [3.63, 3.8) is 0 Å². The molecule has 0 unspecified atom stereocenters. The molecule has 7 heteroatoms. The van der Waals surface area contributed by atoms with Crippen LogP contribution in [0.15, 0.2) is 46.0 Å². The Morgan fingerprint density at radius 2 is 2.16 bits per heavy atom. The number of fused-ring (bicyclic) bond motifs is 1. The van der Waals surface area contributed by atoms with E-state index in [1.165, 1.54) is 17.8 Å². The van der Waals surface area contributed by atoms with Gasteiger partial charge in [-0.05, 0) is 30.2 Å². The van der Waals surface area contributed by atoms with Crippen LogP contribution >= 0.6 is 24.0 Å². The Balaban J connectivity index is 1.81. The second-order valence-corrected chi connectivity index (χ2v) is 7.29. The van der Waals surface area contributed by atoms with E-state index in [1.807, 2.05) is 6.07 Å². The molecule has 1 saturated heterocycles. The van der Waals surface area contributed by atoms with Crippen molar-refractivity contribution in [2.24, 2.45) is 0 Å². The van der Waals surface area contributed by atoms with Gasteiger partial charge in [-0.25, -0.2) is 4.39 Å². The second kappa shape index (κ2) is 6.09. The van der Waals surface area contributed by atoms with Gasteiger partial charge in [0.1, 0.15) is 21.5 Å². The maximum Gasteiger partial charge on any atom is 0.263 e. The van der Waals surface area contributed by atoms with Crippen molar-refractivity contribution in [3.05, 3.63) is 58.7 Å². The van der Waals surface area contributed by atoms with Gasteiger partial charge in [0.05, 0.1) is 4.91 Å². The lowest BCUT2D eigenvalue weighted by Crippen LogP contribution is -2.17. The van der Waals surface area contributed by atoms with Crippen LogP contribution in [0.3, 0.4) is 0 Å². The van der Waals surface area contributed by atoms with E-state index in [2.05, 4.69) is 10.3 Å². The van der Waals surface area contributed by atoms with E-state index in [1.54, 1.807) is 37.5 Å². The first-order valence-electron chi connectivity index (χ1n) is 7.40. The van der Waals surface area contributed by atoms with Crippen LogP contribution in [0.2, 0.25) is 0 Å². The number of furan rings is 1. The smallest absolute Gasteiger partial charge is 0.263 e. The Morgan fingerprint density at radius 1 is 1.32 bits per heavy atom. The lowest BCUT2D eigenvalue weighted by Gasteiger charge is -2.04. The van der Waals surface area contributed by atoms with E-state index >= 15 is 0 Å². The third-order valence-electron chi connectivity index (χ3n) is 3.84. The Bertz CT molecular complexity index is 1070. The molecular weight excluding hydrogens is 359 g/mol. The zero-order valence-corrected chi connectivity index (χ0v) is 14.6. The molecule has 3 heterocycles. The SMILES string of the molecule is Cc1ccc(-c2cncc3cc(/C=C4\SC(=S)NC4=O)oc23)cc1F. The molecule has 3 aromatic rings. The number of rotatable bonds is 2. The molecule has 1 amide bonds. The summed E-state index contributed by atoms with van der Waals surface area (Å²) in [7, 11) is 0.